The van der Waals surface area contributed by atoms with Gasteiger partial charge in [-0.25, -0.2) is 0 Å². The van der Waals surface area contributed by atoms with Crippen LogP contribution in [0.25, 0.3) is 10.1 Å². The molecule has 0 radical (unpaired) electrons. The highest BCUT2D eigenvalue weighted by Gasteiger charge is 2.07. The molecule has 1 heterocycles. The molecule has 1 aromatic carbocycles. The van der Waals surface area contributed by atoms with Crippen molar-refractivity contribution < 1.29 is 4.79 Å². The Bertz CT molecular complexity index is 473. The standard InChI is InChI=1S/C10H7BrOS/c1-6-9(11)4-7(5-12)8-2-3-13-10(6)8/h2-5H,1H3. The Balaban J connectivity index is 2.95. The van der Waals surface area contributed by atoms with E-state index in [1.807, 2.05) is 17.5 Å². The lowest BCUT2D eigenvalue weighted by Crippen LogP contribution is -1.84. The molecule has 13 heavy (non-hydrogen) atoms. The number of carbonyl (C=O) groups excluding carboxylic acids is 1. The first-order chi connectivity index (χ1) is 6.24. The fraction of sp³-hybridized carbons (Fsp3) is 0.100. The summed E-state index contributed by atoms with van der Waals surface area (Å²) in [6.45, 7) is 2.05. The molecule has 0 N–H and O–H groups in total. The molecule has 0 saturated heterocycles. The van der Waals surface area contributed by atoms with Crippen molar-refractivity contribution in [1.82, 2.24) is 0 Å². The first-order valence-electron chi connectivity index (χ1n) is 3.85. The predicted molar refractivity (Wildman–Crippen MR) is 59.6 cm³/mol. The first-order valence-corrected chi connectivity index (χ1v) is 5.53. The molecule has 0 saturated carbocycles. The summed E-state index contributed by atoms with van der Waals surface area (Å²) in [6, 6.07) is 3.86. The highest BCUT2D eigenvalue weighted by Crippen LogP contribution is 2.32. The van der Waals surface area contributed by atoms with Gasteiger partial charge in [-0.15, -0.1) is 11.3 Å². The summed E-state index contributed by atoms with van der Waals surface area (Å²) in [6.07, 6.45) is 0.902. The largest absolute Gasteiger partial charge is 0.298 e. The zero-order valence-electron chi connectivity index (χ0n) is 7.00. The van der Waals surface area contributed by atoms with Crippen LogP contribution >= 0.6 is 27.3 Å². The molecule has 0 bridgehead atoms. The molecule has 0 aliphatic rings. The van der Waals surface area contributed by atoms with Gasteiger partial charge in [0.15, 0.2) is 6.29 Å². The fourth-order valence-corrected chi connectivity index (χ4v) is 2.87. The van der Waals surface area contributed by atoms with Crippen LogP contribution in [0.1, 0.15) is 15.9 Å². The predicted octanol–water partition coefficient (Wildman–Crippen LogP) is 3.78. The van der Waals surface area contributed by atoms with E-state index in [1.165, 1.54) is 10.3 Å². The maximum atomic E-state index is 10.8. The van der Waals surface area contributed by atoms with Crippen LogP contribution in [0.5, 0.6) is 0 Å². The molecule has 0 aliphatic heterocycles. The van der Waals surface area contributed by atoms with Gasteiger partial charge in [-0.05, 0) is 30.0 Å². The molecule has 1 nitrogen and oxygen atoms in total. The van der Waals surface area contributed by atoms with Crippen molar-refractivity contribution >= 4 is 43.6 Å². The second-order valence-corrected chi connectivity index (χ2v) is 4.62. The van der Waals surface area contributed by atoms with Crippen molar-refractivity contribution in [1.29, 1.82) is 0 Å². The van der Waals surface area contributed by atoms with Gasteiger partial charge in [-0.1, -0.05) is 15.9 Å². The fourth-order valence-electron chi connectivity index (χ4n) is 1.36. The molecular weight excluding hydrogens is 248 g/mol. The molecule has 0 aliphatic carbocycles. The summed E-state index contributed by atoms with van der Waals surface area (Å²) in [5.74, 6) is 0. The van der Waals surface area contributed by atoms with Gasteiger partial charge < -0.3 is 0 Å². The van der Waals surface area contributed by atoms with Crippen molar-refractivity contribution in [2.45, 2.75) is 6.92 Å². The SMILES string of the molecule is Cc1c(Br)cc(C=O)c2ccsc12. The number of benzene rings is 1. The van der Waals surface area contributed by atoms with Crippen molar-refractivity contribution in [2.24, 2.45) is 0 Å². The number of carbonyl (C=O) groups is 1. The Kier molecular flexibility index (Phi) is 2.22. The molecule has 0 spiro atoms. The molecule has 0 unspecified atom stereocenters. The van der Waals surface area contributed by atoms with E-state index in [2.05, 4.69) is 22.9 Å². The minimum Gasteiger partial charge on any atom is -0.298 e. The zero-order chi connectivity index (χ0) is 9.42. The Morgan fingerprint density at radius 3 is 3.00 bits per heavy atom. The van der Waals surface area contributed by atoms with E-state index in [-0.39, 0.29) is 0 Å². The van der Waals surface area contributed by atoms with Crippen LogP contribution in [-0.2, 0) is 0 Å². The number of halogens is 1. The summed E-state index contributed by atoms with van der Waals surface area (Å²) in [7, 11) is 0. The van der Waals surface area contributed by atoms with Crippen molar-refractivity contribution in [3.63, 3.8) is 0 Å². The van der Waals surface area contributed by atoms with E-state index >= 15 is 0 Å². The highest BCUT2D eigenvalue weighted by molar-refractivity contribution is 9.10. The zero-order valence-corrected chi connectivity index (χ0v) is 9.41. The lowest BCUT2D eigenvalue weighted by Gasteiger charge is -2.01. The molecule has 66 valence electrons. The average molecular weight is 255 g/mol. The van der Waals surface area contributed by atoms with Gasteiger partial charge in [0.25, 0.3) is 0 Å². The second-order valence-electron chi connectivity index (χ2n) is 2.85. The van der Waals surface area contributed by atoms with Crippen LogP contribution in [0.4, 0.5) is 0 Å². The Morgan fingerprint density at radius 2 is 2.31 bits per heavy atom. The smallest absolute Gasteiger partial charge is 0.150 e. The molecule has 1 aromatic heterocycles. The van der Waals surface area contributed by atoms with Crippen molar-refractivity contribution in [2.75, 3.05) is 0 Å². The van der Waals surface area contributed by atoms with E-state index in [4.69, 9.17) is 0 Å². The summed E-state index contributed by atoms with van der Waals surface area (Å²) in [4.78, 5) is 10.8. The van der Waals surface area contributed by atoms with Gasteiger partial charge in [0.05, 0.1) is 0 Å². The number of hydrogen-bond acceptors (Lipinski definition) is 2. The van der Waals surface area contributed by atoms with Gasteiger partial charge in [-0.2, -0.15) is 0 Å². The van der Waals surface area contributed by atoms with Gasteiger partial charge in [0.2, 0.25) is 0 Å². The van der Waals surface area contributed by atoms with Crippen LogP contribution in [0.15, 0.2) is 22.0 Å². The maximum absolute atomic E-state index is 10.8. The normalized spacial score (nSPS) is 10.6. The quantitative estimate of drug-likeness (QED) is 0.708. The van der Waals surface area contributed by atoms with E-state index in [1.54, 1.807) is 11.3 Å². The lowest BCUT2D eigenvalue weighted by atomic mass is 10.1. The van der Waals surface area contributed by atoms with Crippen molar-refractivity contribution in [3.8, 4) is 0 Å². The van der Waals surface area contributed by atoms with Crippen LogP contribution in [0.3, 0.4) is 0 Å². The van der Waals surface area contributed by atoms with E-state index < -0.39 is 0 Å². The van der Waals surface area contributed by atoms with Crippen LogP contribution in [0, 0.1) is 6.92 Å². The Labute approximate surface area is 88.5 Å². The number of rotatable bonds is 1. The third kappa shape index (κ3) is 1.32. The van der Waals surface area contributed by atoms with Gasteiger partial charge in [0, 0.05) is 20.1 Å². The summed E-state index contributed by atoms with van der Waals surface area (Å²) < 4.78 is 2.20. The molecule has 0 atom stereocenters. The maximum Gasteiger partial charge on any atom is 0.150 e. The number of thiophene rings is 1. The highest BCUT2D eigenvalue weighted by atomic mass is 79.9. The lowest BCUT2D eigenvalue weighted by molar-refractivity contribution is 0.112. The monoisotopic (exact) mass is 254 g/mol. The third-order valence-electron chi connectivity index (χ3n) is 2.08. The summed E-state index contributed by atoms with van der Waals surface area (Å²) >= 11 is 5.11. The molecule has 0 amide bonds. The van der Waals surface area contributed by atoms with E-state index in [0.29, 0.717) is 0 Å². The minimum absolute atomic E-state index is 0.758. The Hall–Kier alpha value is -0.670. The van der Waals surface area contributed by atoms with E-state index in [9.17, 15) is 4.79 Å². The van der Waals surface area contributed by atoms with Crippen LogP contribution in [0.2, 0.25) is 0 Å². The Morgan fingerprint density at radius 1 is 1.54 bits per heavy atom. The average Bonchev–Trinajstić information content (AvgIpc) is 2.60. The molecule has 2 rings (SSSR count). The van der Waals surface area contributed by atoms with Gasteiger partial charge in [-0.3, -0.25) is 4.79 Å². The molecule has 2 aromatic rings. The molecular formula is C10H7BrOS. The number of fused-ring (bicyclic) bond motifs is 1. The number of aldehydes is 1. The summed E-state index contributed by atoms with van der Waals surface area (Å²) in [5, 5.41) is 3.07. The topological polar surface area (TPSA) is 17.1 Å². The van der Waals surface area contributed by atoms with Gasteiger partial charge >= 0.3 is 0 Å². The minimum atomic E-state index is 0.758. The van der Waals surface area contributed by atoms with Crippen LogP contribution in [-0.4, -0.2) is 6.29 Å². The number of aryl methyl sites for hydroxylation is 1. The molecule has 3 heteroatoms. The third-order valence-corrected chi connectivity index (χ3v) is 3.94. The molecule has 0 fully saturated rings. The number of hydrogen-bond donors (Lipinski definition) is 0. The second kappa shape index (κ2) is 3.24. The van der Waals surface area contributed by atoms with E-state index in [0.717, 1.165) is 21.7 Å². The summed E-state index contributed by atoms with van der Waals surface area (Å²) in [5.41, 5.74) is 1.96. The van der Waals surface area contributed by atoms with Crippen molar-refractivity contribution in [3.05, 3.63) is 33.1 Å². The first kappa shape index (κ1) is 8.91. The van der Waals surface area contributed by atoms with Crippen LogP contribution < -0.4 is 0 Å². The van der Waals surface area contributed by atoms with Gasteiger partial charge in [0.1, 0.15) is 0 Å².